The van der Waals surface area contributed by atoms with Crippen molar-refractivity contribution in [2.24, 2.45) is 0 Å². The van der Waals surface area contributed by atoms with Crippen LogP contribution in [0.5, 0.6) is 0 Å². The molecule has 0 saturated heterocycles. The van der Waals surface area contributed by atoms with E-state index in [1.165, 1.54) is 12.1 Å². The summed E-state index contributed by atoms with van der Waals surface area (Å²) in [6.45, 7) is 7.41. The third kappa shape index (κ3) is 2.40. The van der Waals surface area contributed by atoms with Crippen molar-refractivity contribution in [3.63, 3.8) is 0 Å². The number of hydrogen-bond acceptors (Lipinski definition) is 2. The molecule has 1 N–H and O–H groups in total. The fraction of sp³-hybridized carbons (Fsp3) is 0.538. The summed E-state index contributed by atoms with van der Waals surface area (Å²) >= 11 is 0. The van der Waals surface area contributed by atoms with Crippen LogP contribution in [0.1, 0.15) is 26.3 Å². The summed E-state index contributed by atoms with van der Waals surface area (Å²) in [4.78, 5) is 1.97. The Morgan fingerprint density at radius 3 is 2.56 bits per heavy atom. The molecule has 0 unspecified atom stereocenters. The van der Waals surface area contributed by atoms with E-state index in [-0.39, 0.29) is 5.54 Å². The summed E-state index contributed by atoms with van der Waals surface area (Å²) in [7, 11) is 0. The molecule has 2 nitrogen and oxygen atoms in total. The molecule has 0 amide bonds. The van der Waals surface area contributed by atoms with Crippen molar-refractivity contribution in [1.29, 1.82) is 0 Å². The topological polar surface area (TPSA) is 15.3 Å². The number of rotatable bonds is 1. The minimum Gasteiger partial charge on any atom is -0.377 e. The maximum atomic E-state index is 12.7. The van der Waals surface area contributed by atoms with Crippen LogP contribution in [0.2, 0.25) is 0 Å². The molecule has 0 fully saturated rings. The molecule has 100 valence electrons. The van der Waals surface area contributed by atoms with Crippen LogP contribution in [-0.2, 0) is 6.18 Å². The average Bonchev–Trinajstić information content (AvgIpc) is 2.24. The highest BCUT2D eigenvalue weighted by Crippen LogP contribution is 2.39. The van der Waals surface area contributed by atoms with Crippen molar-refractivity contribution in [3.8, 4) is 0 Å². The van der Waals surface area contributed by atoms with E-state index in [4.69, 9.17) is 0 Å². The standard InChI is InChI=1S/C13H17F3N2/c1-4-18-8-12(2,3)17-10-6-5-9(7-11(10)18)13(14,15)16/h5-7,17H,4,8H2,1-3H3. The van der Waals surface area contributed by atoms with Gasteiger partial charge in [0.05, 0.1) is 16.9 Å². The molecule has 0 aromatic heterocycles. The number of anilines is 2. The average molecular weight is 258 g/mol. The molecule has 1 aromatic rings. The molecule has 18 heavy (non-hydrogen) atoms. The minimum absolute atomic E-state index is 0.136. The van der Waals surface area contributed by atoms with Crippen LogP contribution >= 0.6 is 0 Å². The van der Waals surface area contributed by atoms with Gasteiger partial charge >= 0.3 is 6.18 Å². The lowest BCUT2D eigenvalue weighted by molar-refractivity contribution is -0.137. The highest BCUT2D eigenvalue weighted by molar-refractivity contribution is 5.74. The zero-order valence-electron chi connectivity index (χ0n) is 10.7. The molecule has 0 aliphatic carbocycles. The fourth-order valence-electron chi connectivity index (χ4n) is 2.32. The van der Waals surface area contributed by atoms with Crippen LogP contribution in [0, 0.1) is 0 Å². The zero-order valence-corrected chi connectivity index (χ0v) is 10.7. The first-order valence-electron chi connectivity index (χ1n) is 5.97. The molecule has 0 atom stereocenters. The number of hydrogen-bond donors (Lipinski definition) is 1. The summed E-state index contributed by atoms with van der Waals surface area (Å²) in [6, 6.07) is 3.86. The Labute approximate surface area is 105 Å². The van der Waals surface area contributed by atoms with Gasteiger partial charge in [-0.1, -0.05) is 0 Å². The number of likely N-dealkylation sites (N-methyl/N-ethyl adjacent to an activating group) is 1. The smallest absolute Gasteiger partial charge is 0.377 e. The number of nitrogens with one attached hydrogen (secondary N) is 1. The first kappa shape index (κ1) is 13.1. The van der Waals surface area contributed by atoms with E-state index in [1.807, 2.05) is 25.7 Å². The van der Waals surface area contributed by atoms with E-state index in [0.717, 1.165) is 11.8 Å². The Balaban J connectivity index is 2.46. The van der Waals surface area contributed by atoms with E-state index in [1.54, 1.807) is 0 Å². The van der Waals surface area contributed by atoms with Crippen LogP contribution in [0.15, 0.2) is 18.2 Å². The summed E-state index contributed by atoms with van der Waals surface area (Å²) in [5.41, 5.74) is 0.664. The third-order valence-corrected chi connectivity index (χ3v) is 3.11. The maximum Gasteiger partial charge on any atom is 0.416 e. The van der Waals surface area contributed by atoms with Gasteiger partial charge < -0.3 is 10.2 Å². The highest BCUT2D eigenvalue weighted by atomic mass is 19.4. The van der Waals surface area contributed by atoms with Crippen molar-refractivity contribution < 1.29 is 13.2 Å². The molecular formula is C13H17F3N2. The Kier molecular flexibility index (Phi) is 2.95. The summed E-state index contributed by atoms with van der Waals surface area (Å²) in [5.74, 6) is 0. The Morgan fingerprint density at radius 2 is 2.00 bits per heavy atom. The van der Waals surface area contributed by atoms with Crippen molar-refractivity contribution in [1.82, 2.24) is 0 Å². The molecule has 1 aromatic carbocycles. The highest BCUT2D eigenvalue weighted by Gasteiger charge is 2.34. The lowest BCUT2D eigenvalue weighted by atomic mass is 9.98. The van der Waals surface area contributed by atoms with Gasteiger partial charge in [0.25, 0.3) is 0 Å². The number of alkyl halides is 3. The Hall–Kier alpha value is -1.39. The summed E-state index contributed by atoms with van der Waals surface area (Å²) in [6.07, 6.45) is -4.29. The van der Waals surface area contributed by atoms with Crippen LogP contribution in [-0.4, -0.2) is 18.6 Å². The van der Waals surface area contributed by atoms with E-state index < -0.39 is 11.7 Å². The van der Waals surface area contributed by atoms with Crippen LogP contribution < -0.4 is 10.2 Å². The van der Waals surface area contributed by atoms with Gasteiger partial charge in [0.2, 0.25) is 0 Å². The van der Waals surface area contributed by atoms with Crippen LogP contribution in [0.25, 0.3) is 0 Å². The summed E-state index contributed by atoms with van der Waals surface area (Å²) < 4.78 is 38.1. The van der Waals surface area contributed by atoms with Crippen molar-refractivity contribution in [2.45, 2.75) is 32.5 Å². The summed E-state index contributed by atoms with van der Waals surface area (Å²) in [5, 5.41) is 3.27. The quantitative estimate of drug-likeness (QED) is 0.825. The van der Waals surface area contributed by atoms with Gasteiger partial charge in [-0.2, -0.15) is 13.2 Å². The van der Waals surface area contributed by atoms with Crippen LogP contribution in [0.4, 0.5) is 24.5 Å². The normalized spacial score (nSPS) is 18.2. The molecule has 0 bridgehead atoms. The van der Waals surface area contributed by atoms with Gasteiger partial charge in [0.1, 0.15) is 0 Å². The number of nitrogens with zero attached hydrogens (tertiary/aromatic N) is 1. The van der Waals surface area contributed by atoms with Crippen molar-refractivity contribution in [2.75, 3.05) is 23.3 Å². The molecule has 1 aliphatic heterocycles. The van der Waals surface area contributed by atoms with Gasteiger partial charge in [0.15, 0.2) is 0 Å². The molecule has 0 saturated carbocycles. The Bertz CT molecular complexity index is 452. The van der Waals surface area contributed by atoms with E-state index in [0.29, 0.717) is 18.8 Å². The number of halogens is 3. The monoisotopic (exact) mass is 258 g/mol. The van der Waals surface area contributed by atoms with Gasteiger partial charge in [-0.25, -0.2) is 0 Å². The molecule has 2 rings (SSSR count). The van der Waals surface area contributed by atoms with Gasteiger partial charge in [0, 0.05) is 18.6 Å². The molecule has 1 aliphatic rings. The zero-order chi connectivity index (χ0) is 13.6. The molecular weight excluding hydrogens is 241 g/mol. The second kappa shape index (κ2) is 4.07. The number of benzene rings is 1. The van der Waals surface area contributed by atoms with Crippen molar-refractivity contribution in [3.05, 3.63) is 23.8 Å². The molecule has 0 radical (unpaired) electrons. The van der Waals surface area contributed by atoms with Gasteiger partial charge in [-0.05, 0) is 39.0 Å². The van der Waals surface area contributed by atoms with Gasteiger partial charge in [-0.15, -0.1) is 0 Å². The Morgan fingerprint density at radius 1 is 1.33 bits per heavy atom. The SMILES string of the molecule is CCN1CC(C)(C)Nc2ccc(C(F)(F)F)cc21. The molecule has 1 heterocycles. The second-order valence-electron chi connectivity index (χ2n) is 5.25. The van der Waals surface area contributed by atoms with E-state index in [9.17, 15) is 13.2 Å². The van der Waals surface area contributed by atoms with E-state index in [2.05, 4.69) is 5.32 Å². The molecule has 5 heteroatoms. The largest absolute Gasteiger partial charge is 0.416 e. The number of fused-ring (bicyclic) bond motifs is 1. The first-order chi connectivity index (χ1) is 8.23. The maximum absolute atomic E-state index is 12.7. The lowest BCUT2D eigenvalue weighted by Crippen LogP contribution is -2.48. The van der Waals surface area contributed by atoms with Crippen molar-refractivity contribution >= 4 is 11.4 Å². The van der Waals surface area contributed by atoms with Gasteiger partial charge in [-0.3, -0.25) is 0 Å². The third-order valence-electron chi connectivity index (χ3n) is 3.11. The lowest BCUT2D eigenvalue weighted by Gasteiger charge is -2.42. The minimum atomic E-state index is -4.29. The second-order valence-corrected chi connectivity index (χ2v) is 5.25. The van der Waals surface area contributed by atoms with Crippen LogP contribution in [0.3, 0.4) is 0 Å². The van der Waals surface area contributed by atoms with E-state index >= 15 is 0 Å². The predicted molar refractivity (Wildman–Crippen MR) is 67.0 cm³/mol. The fourth-order valence-corrected chi connectivity index (χ4v) is 2.32. The molecule has 0 spiro atoms. The first-order valence-corrected chi connectivity index (χ1v) is 5.97. The predicted octanol–water partition coefficient (Wildman–Crippen LogP) is 3.74.